The molecule has 0 aromatic carbocycles. The van der Waals surface area contributed by atoms with Crippen molar-refractivity contribution in [2.45, 2.75) is 19.3 Å². The summed E-state index contributed by atoms with van der Waals surface area (Å²) in [5.74, 6) is 0.174. The molecule has 0 aromatic heterocycles. The summed E-state index contributed by atoms with van der Waals surface area (Å²) in [5, 5.41) is 8.50. The number of carbonyl (C=O) groups is 2. The molecule has 0 saturated carbocycles. The van der Waals surface area contributed by atoms with Gasteiger partial charge in [-0.05, 0) is 0 Å². The maximum atomic E-state index is 11.2. The summed E-state index contributed by atoms with van der Waals surface area (Å²) in [6.45, 7) is 0.943. The summed E-state index contributed by atoms with van der Waals surface area (Å²) < 4.78 is 0. The molecular formula is C8H13NO3. The predicted molar refractivity (Wildman–Crippen MR) is 42.5 cm³/mol. The van der Waals surface area contributed by atoms with Crippen molar-refractivity contribution in [3.8, 4) is 0 Å². The number of nitrogens with zero attached hydrogens (tertiary/aromatic N) is 1. The number of likely N-dealkylation sites (tertiary alicyclic amines) is 1. The molecule has 1 fully saturated rings. The van der Waals surface area contributed by atoms with Crippen LogP contribution in [-0.2, 0) is 9.59 Å². The van der Waals surface area contributed by atoms with Crippen LogP contribution < -0.4 is 0 Å². The van der Waals surface area contributed by atoms with Crippen LogP contribution in [0.1, 0.15) is 19.3 Å². The number of ketones is 1. The standard InChI is InChI=1S/C8H13NO3/c10-6-3-8(12)9-4-1-7(11)2-5-9/h10H,1-6H2. The van der Waals surface area contributed by atoms with Gasteiger partial charge in [-0.15, -0.1) is 0 Å². The van der Waals surface area contributed by atoms with Crippen molar-refractivity contribution in [3.63, 3.8) is 0 Å². The van der Waals surface area contributed by atoms with Gasteiger partial charge in [0, 0.05) is 32.4 Å². The SMILES string of the molecule is O=C1CCN(C(=O)CCO)CC1. The lowest BCUT2D eigenvalue weighted by Gasteiger charge is -2.25. The molecule has 4 heteroatoms. The molecule has 0 aliphatic carbocycles. The third-order valence-corrected chi connectivity index (χ3v) is 2.00. The van der Waals surface area contributed by atoms with Crippen LogP contribution in [0.5, 0.6) is 0 Å². The highest BCUT2D eigenvalue weighted by molar-refractivity contribution is 5.83. The van der Waals surface area contributed by atoms with E-state index in [2.05, 4.69) is 0 Å². The van der Waals surface area contributed by atoms with E-state index in [-0.39, 0.29) is 24.7 Å². The van der Waals surface area contributed by atoms with Crippen LogP contribution in [-0.4, -0.2) is 41.4 Å². The Kier molecular flexibility index (Phi) is 3.22. The van der Waals surface area contributed by atoms with Gasteiger partial charge in [0.05, 0.1) is 6.61 Å². The van der Waals surface area contributed by atoms with Gasteiger partial charge in [-0.3, -0.25) is 9.59 Å². The third kappa shape index (κ3) is 2.30. The number of hydrogen-bond acceptors (Lipinski definition) is 3. The minimum absolute atomic E-state index is 0.0509. The van der Waals surface area contributed by atoms with Crippen molar-refractivity contribution in [2.24, 2.45) is 0 Å². The molecule has 0 radical (unpaired) electrons. The highest BCUT2D eigenvalue weighted by Gasteiger charge is 2.19. The van der Waals surface area contributed by atoms with Gasteiger partial charge < -0.3 is 10.0 Å². The lowest BCUT2D eigenvalue weighted by Crippen LogP contribution is -2.38. The van der Waals surface area contributed by atoms with Crippen LogP contribution in [0.2, 0.25) is 0 Å². The van der Waals surface area contributed by atoms with Crippen LogP contribution in [0.4, 0.5) is 0 Å². The largest absolute Gasteiger partial charge is 0.396 e. The first kappa shape index (κ1) is 9.19. The Bertz CT molecular complexity index is 181. The van der Waals surface area contributed by atoms with Gasteiger partial charge in [-0.1, -0.05) is 0 Å². The van der Waals surface area contributed by atoms with Gasteiger partial charge in [0.15, 0.2) is 0 Å². The van der Waals surface area contributed by atoms with Crippen molar-refractivity contribution in [2.75, 3.05) is 19.7 Å². The smallest absolute Gasteiger partial charge is 0.224 e. The van der Waals surface area contributed by atoms with Crippen molar-refractivity contribution in [1.29, 1.82) is 0 Å². The fourth-order valence-electron chi connectivity index (χ4n) is 1.26. The Morgan fingerprint density at radius 3 is 2.50 bits per heavy atom. The molecule has 1 saturated heterocycles. The maximum Gasteiger partial charge on any atom is 0.224 e. The third-order valence-electron chi connectivity index (χ3n) is 2.00. The average Bonchev–Trinajstić information content (AvgIpc) is 2.06. The summed E-state index contributed by atoms with van der Waals surface area (Å²) in [6.07, 6.45) is 1.11. The lowest BCUT2D eigenvalue weighted by atomic mass is 10.1. The van der Waals surface area contributed by atoms with Gasteiger partial charge >= 0.3 is 0 Å². The first-order valence-electron chi connectivity index (χ1n) is 4.14. The van der Waals surface area contributed by atoms with E-state index in [1.807, 2.05) is 0 Å². The van der Waals surface area contributed by atoms with E-state index in [9.17, 15) is 9.59 Å². The molecule has 1 aliphatic heterocycles. The number of hydrogen-bond donors (Lipinski definition) is 1. The second-order valence-electron chi connectivity index (χ2n) is 2.89. The monoisotopic (exact) mass is 171 g/mol. The molecule has 68 valence electrons. The van der Waals surface area contributed by atoms with E-state index in [0.29, 0.717) is 25.9 Å². The Balaban J connectivity index is 2.33. The van der Waals surface area contributed by atoms with Crippen LogP contribution in [0, 0.1) is 0 Å². The number of piperidine rings is 1. The number of aliphatic hydroxyl groups is 1. The predicted octanol–water partition coefficient (Wildman–Crippen LogP) is -0.440. The van der Waals surface area contributed by atoms with Crippen LogP contribution in [0.3, 0.4) is 0 Å². The van der Waals surface area contributed by atoms with Crippen molar-refractivity contribution >= 4 is 11.7 Å². The van der Waals surface area contributed by atoms with E-state index in [1.165, 1.54) is 0 Å². The molecule has 0 atom stereocenters. The van der Waals surface area contributed by atoms with Gasteiger partial charge in [0.2, 0.25) is 5.91 Å². The second-order valence-corrected chi connectivity index (χ2v) is 2.89. The molecule has 0 bridgehead atoms. The van der Waals surface area contributed by atoms with Crippen LogP contribution in [0.25, 0.3) is 0 Å². The topological polar surface area (TPSA) is 57.6 Å². The number of Topliss-reactive ketones (excluding diaryl/α,β-unsaturated/α-hetero) is 1. The molecule has 1 heterocycles. The minimum atomic E-state index is -0.108. The summed E-state index contributed by atoms with van der Waals surface area (Å²) in [7, 11) is 0. The minimum Gasteiger partial charge on any atom is -0.396 e. The fourth-order valence-corrected chi connectivity index (χ4v) is 1.26. The molecule has 1 N–H and O–H groups in total. The van der Waals surface area contributed by atoms with E-state index in [0.717, 1.165) is 0 Å². The molecule has 1 rings (SSSR count). The van der Waals surface area contributed by atoms with E-state index in [1.54, 1.807) is 4.90 Å². The Hall–Kier alpha value is -0.900. The van der Waals surface area contributed by atoms with Gasteiger partial charge in [0.25, 0.3) is 0 Å². The van der Waals surface area contributed by atoms with Gasteiger partial charge in [0.1, 0.15) is 5.78 Å². The highest BCUT2D eigenvalue weighted by atomic mass is 16.3. The van der Waals surface area contributed by atoms with Gasteiger partial charge in [-0.2, -0.15) is 0 Å². The molecular weight excluding hydrogens is 158 g/mol. The number of carbonyl (C=O) groups excluding carboxylic acids is 2. The summed E-state index contributed by atoms with van der Waals surface area (Å²) >= 11 is 0. The zero-order valence-electron chi connectivity index (χ0n) is 6.95. The summed E-state index contributed by atoms with van der Waals surface area (Å²) in [6, 6.07) is 0. The van der Waals surface area contributed by atoms with E-state index in [4.69, 9.17) is 5.11 Å². The Labute approximate surface area is 71.2 Å². The first-order valence-corrected chi connectivity index (χ1v) is 4.14. The normalized spacial score (nSPS) is 18.1. The summed E-state index contributed by atoms with van der Waals surface area (Å²) in [4.78, 5) is 23.6. The van der Waals surface area contributed by atoms with Crippen LogP contribution >= 0.6 is 0 Å². The van der Waals surface area contributed by atoms with Crippen molar-refractivity contribution < 1.29 is 14.7 Å². The van der Waals surface area contributed by atoms with Gasteiger partial charge in [-0.25, -0.2) is 0 Å². The number of aliphatic hydroxyl groups excluding tert-OH is 1. The quantitative estimate of drug-likeness (QED) is 0.612. The molecule has 0 spiro atoms. The highest BCUT2D eigenvalue weighted by Crippen LogP contribution is 2.06. The molecule has 1 amide bonds. The molecule has 1 aliphatic rings. The average molecular weight is 171 g/mol. The molecule has 0 aromatic rings. The Morgan fingerprint density at radius 1 is 1.42 bits per heavy atom. The molecule has 4 nitrogen and oxygen atoms in total. The maximum absolute atomic E-state index is 11.2. The zero-order valence-corrected chi connectivity index (χ0v) is 6.95. The lowest BCUT2D eigenvalue weighted by molar-refractivity contribution is -0.135. The second kappa shape index (κ2) is 4.21. The van der Waals surface area contributed by atoms with E-state index < -0.39 is 0 Å². The number of amides is 1. The Morgan fingerprint density at radius 2 is 2.00 bits per heavy atom. The number of rotatable bonds is 2. The summed E-state index contributed by atoms with van der Waals surface area (Å²) in [5.41, 5.74) is 0. The van der Waals surface area contributed by atoms with E-state index >= 15 is 0 Å². The zero-order chi connectivity index (χ0) is 8.97. The van der Waals surface area contributed by atoms with Crippen molar-refractivity contribution in [1.82, 2.24) is 4.90 Å². The molecule has 12 heavy (non-hydrogen) atoms. The fraction of sp³-hybridized carbons (Fsp3) is 0.750. The first-order chi connectivity index (χ1) is 5.74. The van der Waals surface area contributed by atoms with Crippen LogP contribution in [0.15, 0.2) is 0 Å². The van der Waals surface area contributed by atoms with Crippen molar-refractivity contribution in [3.05, 3.63) is 0 Å². The molecule has 0 unspecified atom stereocenters.